The third-order valence-corrected chi connectivity index (χ3v) is 1.43. The van der Waals surface area contributed by atoms with Gasteiger partial charge in [-0.1, -0.05) is 0 Å². The first-order valence-electron chi connectivity index (χ1n) is 3.37. The van der Waals surface area contributed by atoms with Gasteiger partial charge in [0.05, 0.1) is 0 Å². The number of rotatable bonds is 2. The van der Waals surface area contributed by atoms with Crippen molar-refractivity contribution in [1.82, 2.24) is 5.32 Å². The average Bonchev–Trinajstić information content (AvgIpc) is 2.34. The predicted molar refractivity (Wildman–Crippen MR) is 32.0 cm³/mol. The van der Waals surface area contributed by atoms with Crippen LogP contribution in [-0.2, 0) is 4.79 Å². The Kier molecular flexibility index (Phi) is 1.34. The quantitative estimate of drug-likeness (QED) is 0.438. The summed E-state index contributed by atoms with van der Waals surface area (Å²) >= 11 is 0. The Labute approximate surface area is 54.5 Å². The van der Waals surface area contributed by atoms with Gasteiger partial charge in [-0.05, 0) is 6.42 Å². The maximum absolute atomic E-state index is 10.3. The largest absolute Gasteiger partial charge is 0.480 e. The molecule has 2 atom stereocenters. The van der Waals surface area contributed by atoms with Crippen molar-refractivity contribution in [2.75, 3.05) is 6.54 Å². The summed E-state index contributed by atoms with van der Waals surface area (Å²) in [6, 6.07) is -0.482. The maximum atomic E-state index is 10.3. The molecule has 1 aliphatic heterocycles. The van der Waals surface area contributed by atoms with Crippen LogP contribution >= 0.6 is 0 Å². The monoisotopic (exact) mass is 131 g/mol. The second-order valence-corrected chi connectivity index (χ2v) is 2.23. The Morgan fingerprint density at radius 1 is 2.00 bits per heavy atom. The number of nitrogens with two attached hydrogens (primary N) is 1. The summed E-state index contributed by atoms with van der Waals surface area (Å²) in [4.78, 5) is 10.3. The summed E-state index contributed by atoms with van der Waals surface area (Å²) < 4.78 is 6.75. The molecular formula is C5H10N2O2. The first-order valence-corrected chi connectivity index (χ1v) is 2.87. The summed E-state index contributed by atoms with van der Waals surface area (Å²) in [5, 5.41) is 11.3. The highest BCUT2D eigenvalue weighted by atomic mass is 16.4. The van der Waals surface area contributed by atoms with Gasteiger partial charge in [-0.3, -0.25) is 4.79 Å². The molecule has 4 heteroatoms. The molecule has 0 amide bonds. The molecule has 0 aromatic rings. The minimum absolute atomic E-state index is 0.0129. The molecule has 0 aliphatic carbocycles. The number of nitrogens with one attached hydrogen (secondary N) is 1. The maximum Gasteiger partial charge on any atom is 0.320 e. The van der Waals surface area contributed by atoms with E-state index in [1.165, 1.54) is 0 Å². The van der Waals surface area contributed by atoms with Crippen LogP contribution in [0.5, 0.6) is 0 Å². The van der Waals surface area contributed by atoms with Gasteiger partial charge in [-0.2, -0.15) is 0 Å². The van der Waals surface area contributed by atoms with E-state index in [4.69, 9.17) is 6.52 Å². The molecule has 1 heterocycles. The highest BCUT2D eigenvalue weighted by molar-refractivity contribution is 5.73. The fourth-order valence-corrected chi connectivity index (χ4v) is 0.924. The van der Waals surface area contributed by atoms with Gasteiger partial charge in [0, 0.05) is 12.6 Å². The van der Waals surface area contributed by atoms with E-state index in [9.17, 15) is 4.79 Å². The van der Waals surface area contributed by atoms with Crippen molar-refractivity contribution in [1.29, 1.82) is 0 Å². The van der Waals surface area contributed by atoms with Gasteiger partial charge in [-0.15, -0.1) is 0 Å². The topological polar surface area (TPSA) is 75.3 Å². The number of hydrogen-bond acceptors (Lipinski definition) is 3. The molecule has 0 radical (unpaired) electrons. The van der Waals surface area contributed by atoms with Gasteiger partial charge in [0.2, 0.25) is 0 Å². The van der Waals surface area contributed by atoms with Crippen LogP contribution < -0.4 is 11.0 Å². The van der Waals surface area contributed by atoms with E-state index in [-0.39, 0.29) is 6.04 Å². The Bertz CT molecular complexity index is 142. The molecule has 1 fully saturated rings. The van der Waals surface area contributed by atoms with Crippen molar-refractivity contribution in [3.8, 4) is 0 Å². The van der Waals surface area contributed by atoms with E-state index in [1.54, 1.807) is 0 Å². The van der Waals surface area contributed by atoms with Crippen LogP contribution in [0.15, 0.2) is 0 Å². The minimum atomic E-state index is -0.835. The van der Waals surface area contributed by atoms with Crippen molar-refractivity contribution >= 4 is 5.97 Å². The molecule has 0 saturated carbocycles. The van der Waals surface area contributed by atoms with Crippen LogP contribution in [0.1, 0.15) is 6.42 Å². The molecule has 1 saturated heterocycles. The van der Waals surface area contributed by atoms with Gasteiger partial charge in [-0.25, -0.2) is 0 Å². The normalized spacial score (nSPS) is 36.2. The Hall–Kier alpha value is -0.610. The zero-order chi connectivity index (χ0) is 7.56. The van der Waals surface area contributed by atoms with E-state index >= 15 is 0 Å². The highest BCUT2D eigenvalue weighted by Crippen LogP contribution is 2.03. The first-order chi connectivity index (χ1) is 4.74. The standard InChI is InChI=1S/C5H10N2O2/c6-3-1-4(5(8)9)7-2-3/h3-4,7H,1-2,6H2,(H,8,9)/t3-,4+/m1/s1/i/hD. The van der Waals surface area contributed by atoms with Crippen LogP contribution in [0.3, 0.4) is 0 Å². The van der Waals surface area contributed by atoms with E-state index in [1.807, 2.05) is 0 Å². The average molecular weight is 131 g/mol. The van der Waals surface area contributed by atoms with Crippen LogP contribution in [-0.4, -0.2) is 29.7 Å². The number of carbonyl (C=O) groups is 1. The zero-order valence-electron chi connectivity index (χ0n) is 5.92. The van der Waals surface area contributed by atoms with Crippen LogP contribution in [0.25, 0.3) is 0 Å². The van der Waals surface area contributed by atoms with Crippen molar-refractivity contribution in [3.05, 3.63) is 0 Å². The summed E-state index contributed by atoms with van der Waals surface area (Å²) in [6.07, 6.45) is 0.499. The van der Waals surface area contributed by atoms with Crippen molar-refractivity contribution in [2.24, 2.45) is 5.73 Å². The van der Waals surface area contributed by atoms with Crippen molar-refractivity contribution in [3.63, 3.8) is 0 Å². The molecule has 1 rings (SSSR count). The van der Waals surface area contributed by atoms with E-state index < -0.39 is 12.0 Å². The number of hydrogen-bond donors (Lipinski definition) is 3. The summed E-state index contributed by atoms with van der Waals surface area (Å²) in [7, 11) is 0. The van der Waals surface area contributed by atoms with Gasteiger partial charge in [0.25, 0.3) is 0 Å². The molecule has 4 nitrogen and oxygen atoms in total. The lowest BCUT2D eigenvalue weighted by atomic mass is 10.2. The lowest BCUT2D eigenvalue weighted by Gasteiger charge is -2.00. The summed E-state index contributed by atoms with van der Waals surface area (Å²) in [6.45, 7) is 0.570. The van der Waals surface area contributed by atoms with Crippen LogP contribution in [0.4, 0.5) is 0 Å². The van der Waals surface area contributed by atoms with Crippen LogP contribution in [0.2, 0.25) is 1.41 Å². The smallest absolute Gasteiger partial charge is 0.320 e. The van der Waals surface area contributed by atoms with E-state index in [2.05, 4.69) is 11.0 Å². The summed E-state index contributed by atoms with van der Waals surface area (Å²) in [5.41, 5.74) is 2.27. The Morgan fingerprint density at radius 2 is 2.78 bits per heavy atom. The molecule has 0 aromatic heterocycles. The third-order valence-electron chi connectivity index (χ3n) is 1.43. The van der Waals surface area contributed by atoms with Crippen molar-refractivity contribution in [2.45, 2.75) is 18.5 Å². The lowest BCUT2D eigenvalue weighted by Crippen LogP contribution is -2.30. The molecule has 0 bridgehead atoms. The van der Waals surface area contributed by atoms with Crippen molar-refractivity contribution < 1.29 is 11.3 Å². The minimum Gasteiger partial charge on any atom is -0.480 e. The molecular weight excluding hydrogens is 120 g/mol. The van der Waals surface area contributed by atoms with Gasteiger partial charge < -0.3 is 16.2 Å². The number of carboxylic acid groups (broad SMARTS) is 1. The van der Waals surface area contributed by atoms with Crippen LogP contribution in [0, 0.1) is 0 Å². The second-order valence-electron chi connectivity index (χ2n) is 2.23. The predicted octanol–water partition coefficient (Wildman–Crippen LogP) is -1.24. The molecule has 4 N–H and O–H groups in total. The fourth-order valence-electron chi connectivity index (χ4n) is 0.924. The third kappa shape index (κ3) is 1.40. The SMILES string of the molecule is [2H]N[C@H]1CN[C@H](C(=O)O)C1. The van der Waals surface area contributed by atoms with Gasteiger partial charge in [0.15, 0.2) is 0 Å². The highest BCUT2D eigenvalue weighted by Gasteiger charge is 2.26. The summed E-state index contributed by atoms with van der Waals surface area (Å²) in [5.74, 6) is -0.835. The van der Waals surface area contributed by atoms with Gasteiger partial charge in [0.1, 0.15) is 7.45 Å². The Balaban J connectivity index is 2.35. The molecule has 9 heavy (non-hydrogen) atoms. The first kappa shape index (κ1) is 5.20. The molecule has 1 aliphatic rings. The van der Waals surface area contributed by atoms with E-state index in [0.717, 1.165) is 0 Å². The lowest BCUT2D eigenvalue weighted by molar-refractivity contribution is -0.139. The molecule has 52 valence electrons. The zero-order valence-corrected chi connectivity index (χ0v) is 4.92. The van der Waals surface area contributed by atoms with Gasteiger partial charge >= 0.3 is 5.97 Å². The van der Waals surface area contributed by atoms with E-state index in [0.29, 0.717) is 13.0 Å². The second kappa shape index (κ2) is 2.33. The molecule has 0 unspecified atom stereocenters. The molecule has 0 aromatic carbocycles. The fraction of sp³-hybridized carbons (Fsp3) is 0.800. The number of aliphatic carboxylic acids is 1. The Morgan fingerprint density at radius 3 is 3.11 bits per heavy atom. The number of carboxylic acids is 1. The molecule has 0 spiro atoms.